The van der Waals surface area contributed by atoms with Crippen molar-refractivity contribution in [2.75, 3.05) is 25.0 Å². The molecule has 0 unspecified atom stereocenters. The van der Waals surface area contributed by atoms with E-state index in [0.29, 0.717) is 23.7 Å². The maximum atomic E-state index is 13.1. The number of unbranched alkanes of at least 4 members (excludes halogenated alkanes) is 4. The molecule has 1 amide bonds. The highest BCUT2D eigenvalue weighted by atomic mass is 35.5. The van der Waals surface area contributed by atoms with Crippen molar-refractivity contribution in [3.8, 4) is 17.0 Å². The summed E-state index contributed by atoms with van der Waals surface area (Å²) in [5.41, 5.74) is 9.34. The molecule has 2 aliphatic rings. The van der Waals surface area contributed by atoms with Crippen LogP contribution in [0, 0.1) is 0 Å². The Morgan fingerprint density at radius 2 is 1.45 bits per heavy atom. The molecule has 7 rings (SSSR count). The van der Waals surface area contributed by atoms with Crippen LogP contribution in [0.5, 0.6) is 5.75 Å². The van der Waals surface area contributed by atoms with Crippen molar-refractivity contribution in [1.29, 1.82) is 0 Å². The van der Waals surface area contributed by atoms with E-state index in [-0.39, 0.29) is 30.7 Å². The van der Waals surface area contributed by atoms with Crippen molar-refractivity contribution in [3.63, 3.8) is 0 Å². The number of pyridine rings is 2. The Morgan fingerprint density at radius 3 is 2.29 bits per heavy atom. The van der Waals surface area contributed by atoms with Gasteiger partial charge in [0.15, 0.2) is 0 Å². The second-order valence-electron chi connectivity index (χ2n) is 12.7. The summed E-state index contributed by atoms with van der Waals surface area (Å²) >= 11 is 12.4. The number of anilines is 1. The molecule has 1 aliphatic carbocycles. The average molecular weight is 741 g/mol. The number of rotatable bonds is 11. The molecule has 5 aromatic rings. The van der Waals surface area contributed by atoms with E-state index in [1.54, 1.807) is 0 Å². The molecule has 0 fully saturated rings. The number of ether oxygens (including phenoxy) is 1. The number of benzene rings is 3. The predicted octanol–water partition coefficient (Wildman–Crippen LogP) is 10.6. The van der Waals surface area contributed by atoms with E-state index in [2.05, 4.69) is 16.7 Å². The highest BCUT2D eigenvalue weighted by molar-refractivity contribution is 6.31. The Bertz CT molecular complexity index is 1930. The van der Waals surface area contributed by atoms with Gasteiger partial charge in [-0.1, -0.05) is 54.6 Å². The van der Waals surface area contributed by atoms with Crippen LogP contribution >= 0.6 is 48.0 Å². The predicted molar refractivity (Wildman–Crippen MR) is 208 cm³/mol. The lowest BCUT2D eigenvalue weighted by Gasteiger charge is -2.22. The summed E-state index contributed by atoms with van der Waals surface area (Å²) in [7, 11) is 0. The van der Waals surface area contributed by atoms with Crippen molar-refractivity contribution >= 4 is 81.4 Å². The Kier molecular flexibility index (Phi) is 12.9. The van der Waals surface area contributed by atoms with Crippen LogP contribution in [-0.2, 0) is 19.3 Å². The Labute approximate surface area is 310 Å². The smallest absolute Gasteiger partial charge is 0.251 e. The van der Waals surface area contributed by atoms with Gasteiger partial charge in [-0.25, -0.2) is 4.98 Å². The SMILES string of the molecule is Cl.Cl.O=C(NCCCCCCCNc1c2c(nc3cc(Cl)ccc13)CCCC2)c1ccc2nc(-c3ccc(Cl)cc3)c3c(c2c1)OCCC3. The Morgan fingerprint density at radius 1 is 0.714 bits per heavy atom. The normalized spacial score (nSPS) is 13.4. The molecule has 10 heteroatoms. The van der Waals surface area contributed by atoms with Crippen molar-refractivity contribution in [2.24, 2.45) is 0 Å². The largest absolute Gasteiger partial charge is 0.493 e. The molecule has 258 valence electrons. The molecule has 6 nitrogen and oxygen atoms in total. The molecule has 0 radical (unpaired) electrons. The second kappa shape index (κ2) is 17.1. The lowest BCUT2D eigenvalue weighted by atomic mass is 9.92. The number of nitrogens with one attached hydrogen (secondary N) is 2. The standard InChI is InChI=1S/C39H40Cl2N4O2.2ClH/c40-27-15-12-25(13-16-27)36-31-10-8-22-47-38(31)32-23-26(14-19-34(32)45-36)39(46)43-21-7-3-1-2-6-20-42-37-29-9-4-5-11-33(29)44-35-24-28(41)17-18-30(35)37;;/h12-19,23-24H,1-11,20-22H2,(H,42,44)(H,43,46);2*1H. The zero-order chi connectivity index (χ0) is 32.2. The Hall–Kier alpha value is -3.29. The number of halogens is 4. The molecule has 1 aliphatic heterocycles. The van der Waals surface area contributed by atoms with Gasteiger partial charge in [0.1, 0.15) is 5.75 Å². The molecular formula is C39H42Cl4N4O2. The lowest BCUT2D eigenvalue weighted by Crippen LogP contribution is -2.24. The van der Waals surface area contributed by atoms with Crippen molar-refractivity contribution in [2.45, 2.75) is 70.6 Å². The van der Waals surface area contributed by atoms with Gasteiger partial charge >= 0.3 is 0 Å². The van der Waals surface area contributed by atoms with Gasteiger partial charge in [0.05, 0.1) is 23.3 Å². The van der Waals surface area contributed by atoms with Gasteiger partial charge in [0.2, 0.25) is 0 Å². The van der Waals surface area contributed by atoms with Gasteiger partial charge in [-0.3, -0.25) is 9.78 Å². The maximum absolute atomic E-state index is 13.1. The van der Waals surface area contributed by atoms with E-state index in [1.807, 2.05) is 54.6 Å². The van der Waals surface area contributed by atoms with E-state index in [1.165, 1.54) is 35.2 Å². The summed E-state index contributed by atoms with van der Waals surface area (Å²) in [6, 6.07) is 19.5. The molecule has 3 heterocycles. The van der Waals surface area contributed by atoms with Crippen molar-refractivity contribution in [1.82, 2.24) is 15.3 Å². The highest BCUT2D eigenvalue weighted by Gasteiger charge is 2.22. The van der Waals surface area contributed by atoms with Crippen molar-refractivity contribution in [3.05, 3.63) is 93.1 Å². The minimum Gasteiger partial charge on any atom is -0.493 e. The molecule has 0 spiro atoms. The molecular weight excluding hydrogens is 698 g/mol. The fourth-order valence-electron chi connectivity index (χ4n) is 6.98. The van der Waals surface area contributed by atoms with Crippen LogP contribution in [0.1, 0.15) is 78.5 Å². The van der Waals surface area contributed by atoms with Crippen LogP contribution in [0.15, 0.2) is 60.7 Å². The molecule has 2 N–H and O–H groups in total. The highest BCUT2D eigenvalue weighted by Crippen LogP contribution is 2.39. The molecule has 3 aromatic carbocycles. The number of amides is 1. The molecule has 49 heavy (non-hydrogen) atoms. The number of hydrogen-bond acceptors (Lipinski definition) is 5. The van der Waals surface area contributed by atoms with Crippen LogP contribution < -0.4 is 15.4 Å². The molecule has 0 bridgehead atoms. The summed E-state index contributed by atoms with van der Waals surface area (Å²) in [6.07, 6.45) is 11.8. The van der Waals surface area contributed by atoms with Gasteiger partial charge in [-0.15, -0.1) is 24.8 Å². The van der Waals surface area contributed by atoms with Crippen LogP contribution in [0.25, 0.3) is 33.1 Å². The monoisotopic (exact) mass is 738 g/mol. The fraction of sp³-hybridized carbons (Fsp3) is 0.359. The first-order chi connectivity index (χ1) is 23.0. The summed E-state index contributed by atoms with van der Waals surface area (Å²) in [5.74, 6) is 0.786. The zero-order valence-corrected chi connectivity index (χ0v) is 30.6. The quantitative estimate of drug-likeness (QED) is 0.132. The summed E-state index contributed by atoms with van der Waals surface area (Å²) in [6.45, 7) is 2.27. The van der Waals surface area contributed by atoms with Crippen LogP contribution in [-0.4, -0.2) is 35.6 Å². The van der Waals surface area contributed by atoms with Gasteiger partial charge < -0.3 is 15.4 Å². The van der Waals surface area contributed by atoms with Gasteiger partial charge in [-0.2, -0.15) is 0 Å². The first-order valence-electron chi connectivity index (χ1n) is 17.0. The Balaban J connectivity index is 0.00000234. The minimum atomic E-state index is -0.0587. The topological polar surface area (TPSA) is 76.1 Å². The third kappa shape index (κ3) is 8.37. The average Bonchev–Trinajstić information content (AvgIpc) is 3.10. The number of carbonyl (C=O) groups excluding carboxylic acids is 1. The first-order valence-corrected chi connectivity index (χ1v) is 17.8. The number of nitrogens with zero attached hydrogens (tertiary/aromatic N) is 2. The van der Waals surface area contributed by atoms with E-state index >= 15 is 0 Å². The van der Waals surface area contributed by atoms with Gasteiger partial charge in [-0.05, 0) is 105 Å². The third-order valence-electron chi connectivity index (χ3n) is 9.40. The molecule has 0 saturated heterocycles. The molecule has 0 saturated carbocycles. The van der Waals surface area contributed by atoms with Crippen LogP contribution in [0.4, 0.5) is 5.69 Å². The van der Waals surface area contributed by atoms with Gasteiger partial charge in [0, 0.05) is 62.0 Å². The minimum absolute atomic E-state index is 0. The first kappa shape index (κ1) is 37.0. The van der Waals surface area contributed by atoms with E-state index in [0.717, 1.165) is 108 Å². The van der Waals surface area contributed by atoms with Crippen LogP contribution in [0.3, 0.4) is 0 Å². The number of fused-ring (bicyclic) bond motifs is 5. The number of aryl methyl sites for hydroxylation is 1. The molecule has 0 atom stereocenters. The third-order valence-corrected chi connectivity index (χ3v) is 9.88. The zero-order valence-electron chi connectivity index (χ0n) is 27.5. The number of aromatic nitrogens is 2. The summed E-state index contributed by atoms with van der Waals surface area (Å²) in [4.78, 5) is 23.0. The van der Waals surface area contributed by atoms with E-state index in [9.17, 15) is 4.79 Å². The lowest BCUT2D eigenvalue weighted by molar-refractivity contribution is 0.0953. The van der Waals surface area contributed by atoms with Crippen LogP contribution in [0.2, 0.25) is 10.0 Å². The van der Waals surface area contributed by atoms with Gasteiger partial charge in [0.25, 0.3) is 5.91 Å². The van der Waals surface area contributed by atoms with Crippen molar-refractivity contribution < 1.29 is 9.53 Å². The molecule has 2 aromatic heterocycles. The van der Waals surface area contributed by atoms with E-state index < -0.39 is 0 Å². The van der Waals surface area contributed by atoms with E-state index in [4.69, 9.17) is 37.9 Å². The number of carbonyl (C=O) groups is 1. The summed E-state index contributed by atoms with van der Waals surface area (Å²) in [5, 5.41) is 10.4. The maximum Gasteiger partial charge on any atom is 0.251 e. The second-order valence-corrected chi connectivity index (χ2v) is 13.6. The number of hydrogen-bond donors (Lipinski definition) is 2. The summed E-state index contributed by atoms with van der Waals surface area (Å²) < 4.78 is 6.17. The fourth-order valence-corrected chi connectivity index (χ4v) is 7.27.